The van der Waals surface area contributed by atoms with Gasteiger partial charge < -0.3 is 4.74 Å². The van der Waals surface area contributed by atoms with Crippen molar-refractivity contribution in [2.75, 3.05) is 7.11 Å². The van der Waals surface area contributed by atoms with Crippen molar-refractivity contribution in [1.29, 1.82) is 0 Å². The van der Waals surface area contributed by atoms with Crippen molar-refractivity contribution in [1.82, 2.24) is 14.8 Å². The predicted molar refractivity (Wildman–Crippen MR) is 66.0 cm³/mol. The standard InChI is InChI=1S/C10H10ClN3O3S/c1-14-9(12-13-10(14)18(11,15)16)7-3-5-8(17-2)6-4-7/h3-6H,1-2H3. The van der Waals surface area contributed by atoms with Crippen LogP contribution in [0.25, 0.3) is 11.4 Å². The minimum atomic E-state index is -3.90. The van der Waals surface area contributed by atoms with Crippen LogP contribution >= 0.6 is 10.7 Å². The molecule has 2 aromatic rings. The molecule has 0 amide bonds. The van der Waals surface area contributed by atoms with Gasteiger partial charge in [-0.25, -0.2) is 8.42 Å². The van der Waals surface area contributed by atoms with Crippen molar-refractivity contribution in [3.8, 4) is 17.1 Å². The van der Waals surface area contributed by atoms with Crippen molar-refractivity contribution >= 4 is 19.7 Å². The molecular formula is C10H10ClN3O3S. The van der Waals surface area contributed by atoms with Crippen molar-refractivity contribution in [2.24, 2.45) is 7.05 Å². The lowest BCUT2D eigenvalue weighted by molar-refractivity contribution is 0.415. The van der Waals surface area contributed by atoms with Gasteiger partial charge in [0.2, 0.25) is 0 Å². The van der Waals surface area contributed by atoms with Crippen molar-refractivity contribution in [3.05, 3.63) is 24.3 Å². The number of benzene rings is 1. The molecule has 1 heterocycles. The van der Waals surface area contributed by atoms with Crippen LogP contribution in [0.2, 0.25) is 0 Å². The second kappa shape index (κ2) is 4.58. The van der Waals surface area contributed by atoms with Crippen LogP contribution in [-0.4, -0.2) is 30.3 Å². The average molecular weight is 288 g/mol. The summed E-state index contributed by atoms with van der Waals surface area (Å²) < 4.78 is 28.8. The fraction of sp³-hybridized carbons (Fsp3) is 0.200. The first-order chi connectivity index (χ1) is 8.43. The van der Waals surface area contributed by atoms with Crippen LogP contribution in [0.1, 0.15) is 0 Å². The molecule has 18 heavy (non-hydrogen) atoms. The molecule has 8 heteroatoms. The Morgan fingerprint density at radius 1 is 1.22 bits per heavy atom. The van der Waals surface area contributed by atoms with E-state index in [-0.39, 0.29) is 5.16 Å². The van der Waals surface area contributed by atoms with Gasteiger partial charge in [-0.3, -0.25) is 4.57 Å². The first kappa shape index (κ1) is 12.8. The smallest absolute Gasteiger partial charge is 0.296 e. The summed E-state index contributed by atoms with van der Waals surface area (Å²) in [6.45, 7) is 0. The predicted octanol–water partition coefficient (Wildman–Crippen LogP) is 1.42. The van der Waals surface area contributed by atoms with E-state index in [1.165, 1.54) is 11.6 Å². The van der Waals surface area contributed by atoms with Gasteiger partial charge in [0.15, 0.2) is 5.82 Å². The summed E-state index contributed by atoms with van der Waals surface area (Å²) in [5.74, 6) is 1.11. The van der Waals surface area contributed by atoms with Crippen LogP contribution in [0.5, 0.6) is 5.75 Å². The number of methoxy groups -OCH3 is 1. The zero-order chi connectivity index (χ0) is 13.3. The topological polar surface area (TPSA) is 74.1 Å². The van der Waals surface area contributed by atoms with E-state index in [0.29, 0.717) is 11.6 Å². The third-order valence-electron chi connectivity index (χ3n) is 2.40. The first-order valence-corrected chi connectivity index (χ1v) is 7.23. The monoisotopic (exact) mass is 287 g/mol. The number of halogens is 1. The molecule has 0 N–H and O–H groups in total. The Labute approximate surface area is 109 Å². The van der Waals surface area contributed by atoms with E-state index in [9.17, 15) is 8.42 Å². The highest BCUT2D eigenvalue weighted by molar-refractivity contribution is 8.13. The molecule has 0 atom stereocenters. The van der Waals surface area contributed by atoms with Gasteiger partial charge in [-0.05, 0) is 24.3 Å². The van der Waals surface area contributed by atoms with Gasteiger partial charge in [0.25, 0.3) is 14.2 Å². The lowest BCUT2D eigenvalue weighted by Gasteiger charge is -2.03. The molecule has 0 aliphatic rings. The third kappa shape index (κ3) is 2.32. The molecule has 96 valence electrons. The maximum atomic E-state index is 11.2. The maximum absolute atomic E-state index is 11.2. The molecule has 0 radical (unpaired) electrons. The number of rotatable bonds is 3. The molecule has 0 unspecified atom stereocenters. The first-order valence-electron chi connectivity index (χ1n) is 4.92. The summed E-state index contributed by atoms with van der Waals surface area (Å²) >= 11 is 0. The van der Waals surface area contributed by atoms with Gasteiger partial charge >= 0.3 is 0 Å². The largest absolute Gasteiger partial charge is 0.497 e. The number of hydrogen-bond donors (Lipinski definition) is 0. The normalized spacial score (nSPS) is 11.5. The summed E-state index contributed by atoms with van der Waals surface area (Å²) in [4.78, 5) is 0. The molecular weight excluding hydrogens is 278 g/mol. The van der Waals surface area contributed by atoms with Crippen LogP contribution < -0.4 is 4.74 Å². The van der Waals surface area contributed by atoms with E-state index >= 15 is 0 Å². The Balaban J connectivity index is 2.49. The minimum absolute atomic E-state index is 0.282. The van der Waals surface area contributed by atoms with E-state index < -0.39 is 9.05 Å². The van der Waals surface area contributed by atoms with Crippen LogP contribution in [0.15, 0.2) is 29.4 Å². The van der Waals surface area contributed by atoms with Crippen molar-refractivity contribution in [3.63, 3.8) is 0 Å². The molecule has 0 saturated heterocycles. The SMILES string of the molecule is COc1ccc(-c2nnc(S(=O)(=O)Cl)n2C)cc1. The molecule has 0 bridgehead atoms. The van der Waals surface area contributed by atoms with Crippen molar-refractivity contribution in [2.45, 2.75) is 5.16 Å². The zero-order valence-electron chi connectivity index (χ0n) is 9.66. The second-order valence-electron chi connectivity index (χ2n) is 3.53. The van der Waals surface area contributed by atoms with Gasteiger partial charge in [0.1, 0.15) is 5.75 Å². The summed E-state index contributed by atoms with van der Waals surface area (Å²) in [5.41, 5.74) is 0.720. The Morgan fingerprint density at radius 2 is 1.83 bits per heavy atom. The van der Waals surface area contributed by atoms with Crippen LogP contribution in [0.4, 0.5) is 0 Å². The molecule has 1 aromatic heterocycles. The molecule has 6 nitrogen and oxygen atoms in total. The molecule has 2 rings (SSSR count). The number of ether oxygens (including phenoxy) is 1. The highest BCUT2D eigenvalue weighted by Gasteiger charge is 2.20. The Morgan fingerprint density at radius 3 is 2.28 bits per heavy atom. The lowest BCUT2D eigenvalue weighted by atomic mass is 10.2. The molecule has 1 aromatic carbocycles. The fourth-order valence-corrected chi connectivity index (χ4v) is 2.47. The van der Waals surface area contributed by atoms with Crippen LogP contribution in [0, 0.1) is 0 Å². The Bertz CT molecular complexity index is 664. The van der Waals surface area contributed by atoms with Crippen LogP contribution in [-0.2, 0) is 16.1 Å². The Hall–Kier alpha value is -1.60. The average Bonchev–Trinajstić information content (AvgIpc) is 2.71. The molecule has 0 saturated carbocycles. The molecule has 0 aliphatic carbocycles. The zero-order valence-corrected chi connectivity index (χ0v) is 11.2. The van der Waals surface area contributed by atoms with E-state index in [0.717, 1.165) is 5.56 Å². The van der Waals surface area contributed by atoms with E-state index in [4.69, 9.17) is 15.4 Å². The molecule has 0 spiro atoms. The highest BCUT2D eigenvalue weighted by Crippen LogP contribution is 2.23. The summed E-state index contributed by atoms with van der Waals surface area (Å²) in [5, 5.41) is 7.10. The highest BCUT2D eigenvalue weighted by atomic mass is 35.7. The fourth-order valence-electron chi connectivity index (χ4n) is 1.52. The molecule has 0 fully saturated rings. The maximum Gasteiger partial charge on any atom is 0.296 e. The number of aromatic nitrogens is 3. The van der Waals surface area contributed by atoms with Gasteiger partial charge in [-0.1, -0.05) is 0 Å². The van der Waals surface area contributed by atoms with Gasteiger partial charge in [0.05, 0.1) is 7.11 Å². The molecule has 0 aliphatic heterocycles. The summed E-state index contributed by atoms with van der Waals surface area (Å²) in [6.07, 6.45) is 0. The van der Waals surface area contributed by atoms with Gasteiger partial charge in [0, 0.05) is 23.3 Å². The quantitative estimate of drug-likeness (QED) is 0.798. The lowest BCUT2D eigenvalue weighted by Crippen LogP contribution is -2.02. The summed E-state index contributed by atoms with van der Waals surface area (Å²) in [6, 6.07) is 7.01. The number of hydrogen-bond acceptors (Lipinski definition) is 5. The number of nitrogens with zero attached hydrogens (tertiary/aromatic N) is 3. The Kier molecular flexibility index (Phi) is 3.27. The third-order valence-corrected chi connectivity index (χ3v) is 3.61. The summed E-state index contributed by atoms with van der Waals surface area (Å²) in [7, 11) is 4.45. The van der Waals surface area contributed by atoms with Gasteiger partial charge in [-0.2, -0.15) is 0 Å². The minimum Gasteiger partial charge on any atom is -0.497 e. The van der Waals surface area contributed by atoms with Gasteiger partial charge in [-0.15, -0.1) is 10.2 Å². The van der Waals surface area contributed by atoms with E-state index in [1.807, 2.05) is 0 Å². The van der Waals surface area contributed by atoms with Crippen LogP contribution in [0.3, 0.4) is 0 Å². The second-order valence-corrected chi connectivity index (χ2v) is 5.99. The van der Waals surface area contributed by atoms with E-state index in [1.54, 1.807) is 31.4 Å². The van der Waals surface area contributed by atoms with Crippen molar-refractivity contribution < 1.29 is 13.2 Å². The van der Waals surface area contributed by atoms with E-state index in [2.05, 4.69) is 10.2 Å².